The molecule has 0 saturated carbocycles. The van der Waals surface area contributed by atoms with Crippen molar-refractivity contribution in [2.75, 3.05) is 0 Å². The van der Waals surface area contributed by atoms with E-state index in [9.17, 15) is 0 Å². The Hall–Kier alpha value is -7.16. The maximum Gasteiger partial charge on any atom is 0.147 e. The summed E-state index contributed by atoms with van der Waals surface area (Å²) in [5, 5.41) is 14.0. The van der Waals surface area contributed by atoms with E-state index in [0.717, 1.165) is 54.8 Å². The lowest BCUT2D eigenvalue weighted by Crippen LogP contribution is -1.92. The van der Waals surface area contributed by atoms with Gasteiger partial charge in [0.05, 0.1) is 5.39 Å². The zero-order valence-electron chi connectivity index (χ0n) is 29.1. The standard InChI is InChI=1S/C52H30O2/c1-2-13-32(14-3-1)48-38-18-8-10-20-40(38)49(41-21-11-9-19-39(41)48)42-26-25-34(36-16-6-7-17-37(36)42)33-23-28-46-45(30-33)43-27-29-47-50(52(43)53-46)44-24-22-31-12-4-5-15-35(31)51(44)54-47/h1-30H. The Balaban J connectivity index is 1.08. The van der Waals surface area contributed by atoms with E-state index in [4.69, 9.17) is 8.83 Å². The molecule has 0 amide bonds. The van der Waals surface area contributed by atoms with E-state index >= 15 is 0 Å². The molecule has 54 heavy (non-hydrogen) atoms. The molecule has 0 fully saturated rings. The second kappa shape index (κ2) is 11.2. The number of benzene rings is 10. The topological polar surface area (TPSA) is 26.3 Å². The first-order valence-corrected chi connectivity index (χ1v) is 18.5. The van der Waals surface area contributed by atoms with Crippen molar-refractivity contribution in [2.24, 2.45) is 0 Å². The highest BCUT2D eigenvalue weighted by Gasteiger charge is 2.21. The summed E-state index contributed by atoms with van der Waals surface area (Å²) in [6, 6.07) is 65.6. The van der Waals surface area contributed by atoms with E-state index in [0.29, 0.717) is 0 Å². The van der Waals surface area contributed by atoms with Gasteiger partial charge in [-0.1, -0.05) is 152 Å². The molecule has 0 saturated heterocycles. The molecule has 0 aliphatic rings. The fourth-order valence-corrected chi connectivity index (χ4v) is 9.09. The van der Waals surface area contributed by atoms with Crippen molar-refractivity contribution in [3.8, 4) is 33.4 Å². The van der Waals surface area contributed by atoms with E-state index in [1.54, 1.807) is 0 Å². The molecule has 2 heterocycles. The van der Waals surface area contributed by atoms with E-state index in [1.807, 2.05) is 0 Å². The lowest BCUT2D eigenvalue weighted by molar-refractivity contribution is 0.665. The second-order valence-corrected chi connectivity index (χ2v) is 14.3. The van der Waals surface area contributed by atoms with Crippen LogP contribution >= 0.6 is 0 Å². The van der Waals surface area contributed by atoms with Crippen molar-refractivity contribution in [3.63, 3.8) is 0 Å². The van der Waals surface area contributed by atoms with Gasteiger partial charge in [-0.05, 0) is 101 Å². The normalized spacial score (nSPS) is 12.1. The van der Waals surface area contributed by atoms with Gasteiger partial charge in [0.15, 0.2) is 0 Å². The Labute approximate surface area is 310 Å². The maximum atomic E-state index is 6.66. The average molecular weight is 687 g/mol. The lowest BCUT2D eigenvalue weighted by atomic mass is 9.84. The summed E-state index contributed by atoms with van der Waals surface area (Å²) in [7, 11) is 0. The third kappa shape index (κ3) is 4.11. The molecule has 0 bridgehead atoms. The minimum atomic E-state index is 0.839. The molecule has 0 radical (unpaired) electrons. The van der Waals surface area contributed by atoms with E-state index in [2.05, 4.69) is 182 Å². The molecule has 0 N–H and O–H groups in total. The molecular formula is C52H30O2. The zero-order valence-corrected chi connectivity index (χ0v) is 29.1. The Morgan fingerprint density at radius 3 is 1.57 bits per heavy atom. The first kappa shape index (κ1) is 29.4. The van der Waals surface area contributed by atoms with Crippen molar-refractivity contribution >= 4 is 87.0 Å². The fraction of sp³-hybridized carbons (Fsp3) is 0. The van der Waals surface area contributed by atoms with Crippen LogP contribution < -0.4 is 0 Å². The minimum Gasteiger partial charge on any atom is -0.455 e. The molecule has 250 valence electrons. The van der Waals surface area contributed by atoms with Gasteiger partial charge in [0, 0.05) is 21.5 Å². The van der Waals surface area contributed by atoms with Crippen LogP contribution in [0.4, 0.5) is 0 Å². The van der Waals surface area contributed by atoms with Crippen molar-refractivity contribution in [1.29, 1.82) is 0 Å². The first-order chi connectivity index (χ1) is 26.8. The van der Waals surface area contributed by atoms with Crippen LogP contribution in [0, 0.1) is 0 Å². The molecule has 12 aromatic rings. The second-order valence-electron chi connectivity index (χ2n) is 14.3. The highest BCUT2D eigenvalue weighted by atomic mass is 16.3. The zero-order chi connectivity index (χ0) is 35.3. The monoisotopic (exact) mass is 686 g/mol. The summed E-state index contributed by atoms with van der Waals surface area (Å²) in [6.07, 6.45) is 0. The number of hydrogen-bond donors (Lipinski definition) is 0. The molecule has 0 unspecified atom stereocenters. The first-order valence-electron chi connectivity index (χ1n) is 18.5. The predicted octanol–water partition coefficient (Wildman–Crippen LogP) is 15.1. The van der Waals surface area contributed by atoms with Gasteiger partial charge in [-0.25, -0.2) is 0 Å². The molecule has 0 aliphatic carbocycles. The molecule has 0 atom stereocenters. The summed E-state index contributed by atoms with van der Waals surface area (Å²) in [6.45, 7) is 0. The van der Waals surface area contributed by atoms with Crippen LogP contribution in [0.1, 0.15) is 0 Å². The summed E-state index contributed by atoms with van der Waals surface area (Å²) in [5.41, 5.74) is 10.8. The molecule has 2 aromatic heterocycles. The van der Waals surface area contributed by atoms with Gasteiger partial charge in [-0.3, -0.25) is 0 Å². The van der Waals surface area contributed by atoms with Gasteiger partial charge in [0.25, 0.3) is 0 Å². The molecule has 12 rings (SSSR count). The fourth-order valence-electron chi connectivity index (χ4n) is 9.09. The summed E-state index contributed by atoms with van der Waals surface area (Å²) >= 11 is 0. The number of hydrogen-bond acceptors (Lipinski definition) is 2. The van der Waals surface area contributed by atoms with Gasteiger partial charge in [-0.15, -0.1) is 0 Å². The summed E-state index contributed by atoms with van der Waals surface area (Å²) in [5.74, 6) is 0. The van der Waals surface area contributed by atoms with Gasteiger partial charge >= 0.3 is 0 Å². The van der Waals surface area contributed by atoms with Gasteiger partial charge < -0.3 is 8.83 Å². The lowest BCUT2D eigenvalue weighted by Gasteiger charge is -2.19. The Bertz CT molecular complexity index is 3430. The van der Waals surface area contributed by atoms with Gasteiger partial charge in [-0.2, -0.15) is 0 Å². The van der Waals surface area contributed by atoms with Gasteiger partial charge in [0.2, 0.25) is 0 Å². The van der Waals surface area contributed by atoms with Crippen molar-refractivity contribution in [3.05, 3.63) is 182 Å². The number of rotatable bonds is 3. The Morgan fingerprint density at radius 2 is 0.833 bits per heavy atom. The van der Waals surface area contributed by atoms with Crippen molar-refractivity contribution < 1.29 is 8.83 Å². The molecule has 10 aromatic carbocycles. The molecule has 2 nitrogen and oxygen atoms in total. The van der Waals surface area contributed by atoms with Gasteiger partial charge in [0.1, 0.15) is 22.3 Å². The smallest absolute Gasteiger partial charge is 0.147 e. The highest BCUT2D eigenvalue weighted by molar-refractivity contribution is 6.26. The van der Waals surface area contributed by atoms with Crippen LogP contribution in [-0.2, 0) is 0 Å². The van der Waals surface area contributed by atoms with E-state index in [1.165, 1.54) is 65.5 Å². The van der Waals surface area contributed by atoms with Crippen molar-refractivity contribution in [1.82, 2.24) is 0 Å². The van der Waals surface area contributed by atoms with Crippen LogP contribution in [0.3, 0.4) is 0 Å². The van der Waals surface area contributed by atoms with Crippen LogP contribution in [-0.4, -0.2) is 0 Å². The molecule has 2 heteroatoms. The maximum absolute atomic E-state index is 6.66. The number of fused-ring (bicyclic) bond motifs is 12. The van der Waals surface area contributed by atoms with Crippen LogP contribution in [0.25, 0.3) is 120 Å². The minimum absolute atomic E-state index is 0.839. The summed E-state index contributed by atoms with van der Waals surface area (Å²) in [4.78, 5) is 0. The van der Waals surface area contributed by atoms with Crippen molar-refractivity contribution in [2.45, 2.75) is 0 Å². The van der Waals surface area contributed by atoms with Crippen LogP contribution in [0.2, 0.25) is 0 Å². The average Bonchev–Trinajstić information content (AvgIpc) is 3.81. The SMILES string of the molecule is c1ccc(-c2c3ccccc3c(-c3ccc(-c4ccc5oc6c(ccc7oc8c9ccccc9ccc8c76)c5c4)c4ccccc34)c3ccccc23)cc1. The molecule has 0 aliphatic heterocycles. The molecular weight excluding hydrogens is 657 g/mol. The summed E-state index contributed by atoms with van der Waals surface area (Å²) < 4.78 is 13.1. The number of furan rings is 2. The predicted molar refractivity (Wildman–Crippen MR) is 227 cm³/mol. The highest BCUT2D eigenvalue weighted by Crippen LogP contribution is 2.47. The molecule has 0 spiro atoms. The van der Waals surface area contributed by atoms with Crippen LogP contribution in [0.15, 0.2) is 191 Å². The van der Waals surface area contributed by atoms with Crippen LogP contribution in [0.5, 0.6) is 0 Å². The third-order valence-corrected chi connectivity index (χ3v) is 11.5. The largest absolute Gasteiger partial charge is 0.455 e. The van der Waals surface area contributed by atoms with E-state index in [-0.39, 0.29) is 0 Å². The van der Waals surface area contributed by atoms with E-state index < -0.39 is 0 Å². The Morgan fingerprint density at radius 1 is 0.278 bits per heavy atom. The Kier molecular flexibility index (Phi) is 6.09. The quantitative estimate of drug-likeness (QED) is 0.173. The third-order valence-electron chi connectivity index (χ3n) is 11.5.